The van der Waals surface area contributed by atoms with E-state index < -0.39 is 5.97 Å². The summed E-state index contributed by atoms with van der Waals surface area (Å²) in [5.41, 5.74) is 6.46. The fourth-order valence-corrected chi connectivity index (χ4v) is 3.49. The zero-order chi connectivity index (χ0) is 19.0. The predicted molar refractivity (Wildman–Crippen MR) is 106 cm³/mol. The second-order valence-corrected chi connectivity index (χ2v) is 6.56. The SMILES string of the molecule is CCc1cccc2c1C=C(C1=CC=C(c3ccc(C(=O)O)cc3)C1=N)CO2. The number of fused-ring (bicyclic) bond motifs is 1. The van der Waals surface area contributed by atoms with E-state index >= 15 is 0 Å². The molecular formula is C23H19NO3. The number of carbonyl (C=O) groups is 1. The lowest BCUT2D eigenvalue weighted by Crippen LogP contribution is -2.13. The van der Waals surface area contributed by atoms with E-state index in [-0.39, 0.29) is 5.56 Å². The first kappa shape index (κ1) is 17.0. The van der Waals surface area contributed by atoms with Gasteiger partial charge in [-0.15, -0.1) is 0 Å². The van der Waals surface area contributed by atoms with E-state index in [0.717, 1.165) is 40.0 Å². The highest BCUT2D eigenvalue weighted by atomic mass is 16.5. The van der Waals surface area contributed by atoms with Crippen molar-refractivity contribution in [2.75, 3.05) is 6.61 Å². The van der Waals surface area contributed by atoms with E-state index in [1.54, 1.807) is 24.3 Å². The van der Waals surface area contributed by atoms with Crippen LogP contribution in [0.25, 0.3) is 11.6 Å². The third-order valence-corrected chi connectivity index (χ3v) is 4.98. The molecular weight excluding hydrogens is 338 g/mol. The van der Waals surface area contributed by atoms with Gasteiger partial charge in [0.05, 0.1) is 11.3 Å². The molecule has 2 aliphatic rings. The number of nitrogens with one attached hydrogen (secondary N) is 1. The van der Waals surface area contributed by atoms with Crippen molar-refractivity contribution in [1.29, 1.82) is 5.41 Å². The fourth-order valence-electron chi connectivity index (χ4n) is 3.49. The highest BCUT2D eigenvalue weighted by Crippen LogP contribution is 2.35. The molecule has 1 heterocycles. The monoisotopic (exact) mass is 357 g/mol. The number of aryl methyl sites for hydroxylation is 1. The molecule has 2 aromatic carbocycles. The van der Waals surface area contributed by atoms with E-state index in [4.69, 9.17) is 15.3 Å². The Bertz CT molecular complexity index is 1040. The second-order valence-electron chi connectivity index (χ2n) is 6.56. The van der Waals surface area contributed by atoms with Gasteiger partial charge in [-0.05, 0) is 47.4 Å². The largest absolute Gasteiger partial charge is 0.488 e. The highest BCUT2D eigenvalue weighted by molar-refractivity contribution is 6.34. The summed E-state index contributed by atoms with van der Waals surface area (Å²) in [6.07, 6.45) is 6.90. The molecule has 134 valence electrons. The van der Waals surface area contributed by atoms with Gasteiger partial charge in [-0.3, -0.25) is 5.41 Å². The maximum absolute atomic E-state index is 11.0. The lowest BCUT2D eigenvalue weighted by molar-refractivity contribution is 0.0697. The summed E-state index contributed by atoms with van der Waals surface area (Å²) in [6.45, 7) is 2.56. The van der Waals surface area contributed by atoms with Crippen LogP contribution in [0.2, 0.25) is 0 Å². The van der Waals surface area contributed by atoms with Gasteiger partial charge in [-0.1, -0.05) is 43.3 Å². The number of carboxylic acid groups (broad SMARTS) is 1. The molecule has 4 nitrogen and oxygen atoms in total. The normalized spacial score (nSPS) is 15.4. The molecule has 27 heavy (non-hydrogen) atoms. The highest BCUT2D eigenvalue weighted by Gasteiger charge is 2.24. The van der Waals surface area contributed by atoms with Gasteiger partial charge in [0.15, 0.2) is 0 Å². The van der Waals surface area contributed by atoms with Crippen LogP contribution in [0.4, 0.5) is 0 Å². The summed E-state index contributed by atoms with van der Waals surface area (Å²) in [6, 6.07) is 12.7. The minimum Gasteiger partial charge on any atom is -0.488 e. The van der Waals surface area contributed by atoms with Gasteiger partial charge in [0.25, 0.3) is 0 Å². The average Bonchev–Trinajstić information content (AvgIpc) is 3.08. The molecule has 0 unspecified atom stereocenters. The van der Waals surface area contributed by atoms with E-state index in [9.17, 15) is 4.79 Å². The average molecular weight is 357 g/mol. The van der Waals surface area contributed by atoms with Crippen molar-refractivity contribution >= 4 is 23.3 Å². The zero-order valence-corrected chi connectivity index (χ0v) is 15.0. The molecule has 1 aliphatic heterocycles. The van der Waals surface area contributed by atoms with Gasteiger partial charge in [0.2, 0.25) is 0 Å². The first-order valence-electron chi connectivity index (χ1n) is 8.89. The molecule has 0 spiro atoms. The van der Waals surface area contributed by atoms with E-state index in [1.807, 2.05) is 24.3 Å². The summed E-state index contributed by atoms with van der Waals surface area (Å²) in [7, 11) is 0. The van der Waals surface area contributed by atoms with Crippen LogP contribution in [0.5, 0.6) is 5.75 Å². The Morgan fingerprint density at radius 1 is 1.11 bits per heavy atom. The lowest BCUT2D eigenvalue weighted by atomic mass is 9.92. The van der Waals surface area contributed by atoms with Crippen LogP contribution >= 0.6 is 0 Å². The lowest BCUT2D eigenvalue weighted by Gasteiger charge is -2.21. The van der Waals surface area contributed by atoms with E-state index in [1.165, 1.54) is 5.56 Å². The Balaban J connectivity index is 1.61. The van der Waals surface area contributed by atoms with Crippen molar-refractivity contribution in [1.82, 2.24) is 0 Å². The van der Waals surface area contributed by atoms with Gasteiger partial charge in [0, 0.05) is 16.7 Å². The van der Waals surface area contributed by atoms with Crippen LogP contribution in [0.15, 0.2) is 65.8 Å². The van der Waals surface area contributed by atoms with Crippen LogP contribution in [0.3, 0.4) is 0 Å². The minimum atomic E-state index is -0.953. The number of hydrogen-bond acceptors (Lipinski definition) is 3. The quantitative estimate of drug-likeness (QED) is 0.828. The fraction of sp³-hybridized carbons (Fsp3) is 0.130. The topological polar surface area (TPSA) is 70.4 Å². The Hall–Kier alpha value is -3.40. The van der Waals surface area contributed by atoms with Gasteiger partial charge in [-0.25, -0.2) is 4.79 Å². The predicted octanol–water partition coefficient (Wildman–Crippen LogP) is 4.77. The molecule has 4 rings (SSSR count). The third kappa shape index (κ3) is 2.99. The van der Waals surface area contributed by atoms with Gasteiger partial charge < -0.3 is 9.84 Å². The molecule has 2 N–H and O–H groups in total. The van der Waals surface area contributed by atoms with Crippen LogP contribution < -0.4 is 4.74 Å². The number of rotatable bonds is 4. The van der Waals surface area contributed by atoms with Crippen LogP contribution in [0.1, 0.15) is 34.0 Å². The molecule has 0 saturated carbocycles. The number of ether oxygens (including phenoxy) is 1. The summed E-state index contributed by atoms with van der Waals surface area (Å²) >= 11 is 0. The third-order valence-electron chi connectivity index (χ3n) is 4.98. The molecule has 0 atom stereocenters. The van der Waals surface area contributed by atoms with Crippen LogP contribution in [-0.2, 0) is 6.42 Å². The molecule has 0 bridgehead atoms. The number of allylic oxidation sites excluding steroid dienone is 3. The Kier molecular flexibility index (Phi) is 4.24. The molecule has 2 aromatic rings. The molecule has 0 radical (unpaired) electrons. The summed E-state index contributed by atoms with van der Waals surface area (Å²) in [5.74, 6) is -0.0635. The smallest absolute Gasteiger partial charge is 0.335 e. The van der Waals surface area contributed by atoms with Crippen molar-refractivity contribution in [2.45, 2.75) is 13.3 Å². The maximum atomic E-state index is 11.0. The molecule has 0 fully saturated rings. The number of aromatic carboxylic acids is 1. The summed E-state index contributed by atoms with van der Waals surface area (Å²) in [5, 5.41) is 17.6. The standard InChI is InChI=1S/C23H19NO3/c1-2-14-4-3-5-21-20(14)12-17(13-27-21)19-11-10-18(22(19)24)15-6-8-16(9-7-15)23(25)26/h3-12,24H,2,13H2,1H3,(H,25,26). The zero-order valence-electron chi connectivity index (χ0n) is 15.0. The molecule has 4 heteroatoms. The molecule has 0 aromatic heterocycles. The van der Waals surface area contributed by atoms with Crippen molar-refractivity contribution in [3.8, 4) is 5.75 Å². The van der Waals surface area contributed by atoms with Crippen molar-refractivity contribution < 1.29 is 14.6 Å². The molecule has 1 aliphatic carbocycles. The van der Waals surface area contributed by atoms with Crippen molar-refractivity contribution in [3.05, 3.63) is 88.0 Å². The minimum absolute atomic E-state index is 0.240. The first-order chi connectivity index (χ1) is 13.1. The Morgan fingerprint density at radius 2 is 1.85 bits per heavy atom. The number of benzene rings is 2. The molecule has 0 amide bonds. The first-order valence-corrected chi connectivity index (χ1v) is 8.89. The van der Waals surface area contributed by atoms with E-state index in [0.29, 0.717) is 12.3 Å². The summed E-state index contributed by atoms with van der Waals surface area (Å²) < 4.78 is 5.93. The molecule has 0 saturated heterocycles. The van der Waals surface area contributed by atoms with Gasteiger partial charge in [-0.2, -0.15) is 0 Å². The van der Waals surface area contributed by atoms with Crippen LogP contribution in [0, 0.1) is 5.41 Å². The van der Waals surface area contributed by atoms with E-state index in [2.05, 4.69) is 19.1 Å². The van der Waals surface area contributed by atoms with Crippen molar-refractivity contribution in [3.63, 3.8) is 0 Å². The Labute approximate surface area is 157 Å². The Morgan fingerprint density at radius 3 is 2.56 bits per heavy atom. The maximum Gasteiger partial charge on any atom is 0.335 e. The van der Waals surface area contributed by atoms with Gasteiger partial charge >= 0.3 is 5.97 Å². The van der Waals surface area contributed by atoms with Crippen LogP contribution in [-0.4, -0.2) is 23.4 Å². The summed E-state index contributed by atoms with van der Waals surface area (Å²) in [4.78, 5) is 11.0. The van der Waals surface area contributed by atoms with Crippen molar-refractivity contribution in [2.24, 2.45) is 0 Å². The van der Waals surface area contributed by atoms with Gasteiger partial charge in [0.1, 0.15) is 12.4 Å². The number of carboxylic acids is 1. The number of hydrogen-bond donors (Lipinski definition) is 2. The second kappa shape index (κ2) is 6.72.